The summed E-state index contributed by atoms with van der Waals surface area (Å²) in [6.45, 7) is 2.90. The monoisotopic (exact) mass is 288 g/mol. The van der Waals surface area contributed by atoms with Crippen molar-refractivity contribution in [2.24, 2.45) is 5.92 Å². The Hall–Kier alpha value is -1.39. The molecule has 0 amide bonds. The van der Waals surface area contributed by atoms with Crippen LogP contribution in [0.15, 0.2) is 28.7 Å². The second-order valence-corrected chi connectivity index (χ2v) is 5.92. The molecule has 0 saturated heterocycles. The van der Waals surface area contributed by atoms with Gasteiger partial charge in [-0.2, -0.15) is 0 Å². The first-order valence-corrected chi connectivity index (χ1v) is 7.91. The van der Waals surface area contributed by atoms with E-state index in [1.807, 2.05) is 31.3 Å². The van der Waals surface area contributed by atoms with Crippen molar-refractivity contribution in [3.05, 3.63) is 30.2 Å². The van der Waals surface area contributed by atoms with Gasteiger partial charge in [0.2, 0.25) is 0 Å². The third-order valence-corrected chi connectivity index (χ3v) is 4.38. The van der Waals surface area contributed by atoms with Crippen LogP contribution in [-0.4, -0.2) is 30.8 Å². The molecular weight excluding hydrogens is 264 g/mol. The quantitative estimate of drug-likeness (QED) is 0.850. The molecule has 0 bridgehead atoms. The van der Waals surface area contributed by atoms with E-state index in [1.165, 1.54) is 19.3 Å². The van der Waals surface area contributed by atoms with Gasteiger partial charge in [-0.3, -0.25) is 0 Å². The van der Waals surface area contributed by atoms with Crippen molar-refractivity contribution in [3.8, 4) is 0 Å². The molecule has 4 nitrogen and oxygen atoms in total. The van der Waals surface area contributed by atoms with Gasteiger partial charge in [0.15, 0.2) is 11.5 Å². The molecule has 4 heteroatoms. The fourth-order valence-electron chi connectivity index (χ4n) is 3.16. The van der Waals surface area contributed by atoms with Crippen molar-refractivity contribution < 1.29 is 9.15 Å². The molecule has 21 heavy (non-hydrogen) atoms. The van der Waals surface area contributed by atoms with E-state index in [2.05, 4.69) is 17.2 Å². The second-order valence-electron chi connectivity index (χ2n) is 5.92. The molecule has 1 aliphatic carbocycles. The standard InChI is InChI=1S/C17H24N2O2/c1-3-20-14-9-12(10-14)8-13(18-2)11-17-19-15-6-4-5-7-16(15)21-17/h4-7,12-14,18H,3,8-11H2,1-2H3. The van der Waals surface area contributed by atoms with Gasteiger partial charge in [-0.1, -0.05) is 12.1 Å². The average Bonchev–Trinajstić information content (AvgIpc) is 2.86. The number of hydrogen-bond donors (Lipinski definition) is 1. The van der Waals surface area contributed by atoms with Gasteiger partial charge in [0.05, 0.1) is 6.10 Å². The molecule has 1 saturated carbocycles. The molecule has 1 aromatic heterocycles. The Bertz CT molecular complexity index is 542. The van der Waals surface area contributed by atoms with E-state index in [-0.39, 0.29) is 0 Å². The highest BCUT2D eigenvalue weighted by atomic mass is 16.5. The summed E-state index contributed by atoms with van der Waals surface area (Å²) in [6, 6.07) is 8.36. The van der Waals surface area contributed by atoms with Gasteiger partial charge in [0, 0.05) is 19.1 Å². The Morgan fingerprint density at radius 2 is 2.19 bits per heavy atom. The highest BCUT2D eigenvalue weighted by Gasteiger charge is 2.31. The van der Waals surface area contributed by atoms with Gasteiger partial charge in [0.25, 0.3) is 0 Å². The molecule has 114 valence electrons. The molecule has 1 N–H and O–H groups in total. The predicted molar refractivity (Wildman–Crippen MR) is 83.3 cm³/mol. The number of aromatic nitrogens is 1. The van der Waals surface area contributed by atoms with E-state index in [4.69, 9.17) is 9.15 Å². The maximum absolute atomic E-state index is 5.82. The number of fused-ring (bicyclic) bond motifs is 1. The Morgan fingerprint density at radius 3 is 2.90 bits per heavy atom. The molecule has 3 rings (SSSR count). The van der Waals surface area contributed by atoms with Crippen LogP contribution in [0.25, 0.3) is 11.1 Å². The number of ether oxygens (including phenoxy) is 1. The lowest BCUT2D eigenvalue weighted by Gasteiger charge is -2.36. The molecule has 0 spiro atoms. The van der Waals surface area contributed by atoms with Crippen LogP contribution in [0.4, 0.5) is 0 Å². The number of para-hydroxylation sites is 2. The second kappa shape index (κ2) is 6.58. The van der Waals surface area contributed by atoms with Gasteiger partial charge in [0.1, 0.15) is 5.52 Å². The molecule has 1 aromatic carbocycles. The fraction of sp³-hybridized carbons (Fsp3) is 0.588. The van der Waals surface area contributed by atoms with Crippen LogP contribution >= 0.6 is 0 Å². The summed E-state index contributed by atoms with van der Waals surface area (Å²) >= 11 is 0. The SMILES string of the molecule is CCOC1CC(CC(Cc2nc3ccccc3o2)NC)C1. The van der Waals surface area contributed by atoms with Crippen LogP contribution in [0.5, 0.6) is 0 Å². The van der Waals surface area contributed by atoms with E-state index in [0.717, 1.165) is 35.9 Å². The minimum absolute atomic E-state index is 0.422. The van der Waals surface area contributed by atoms with Crippen molar-refractivity contribution in [1.82, 2.24) is 10.3 Å². The Kier molecular flexibility index (Phi) is 4.56. The van der Waals surface area contributed by atoms with Crippen molar-refractivity contribution in [2.75, 3.05) is 13.7 Å². The lowest BCUT2D eigenvalue weighted by Crippen LogP contribution is -2.38. The topological polar surface area (TPSA) is 47.3 Å². The molecule has 1 heterocycles. The van der Waals surface area contributed by atoms with Crippen molar-refractivity contribution in [3.63, 3.8) is 0 Å². The van der Waals surface area contributed by atoms with E-state index in [9.17, 15) is 0 Å². The summed E-state index contributed by atoms with van der Waals surface area (Å²) < 4.78 is 11.4. The van der Waals surface area contributed by atoms with Crippen LogP contribution < -0.4 is 5.32 Å². The van der Waals surface area contributed by atoms with Gasteiger partial charge < -0.3 is 14.5 Å². The van der Waals surface area contributed by atoms with Gasteiger partial charge >= 0.3 is 0 Å². The largest absolute Gasteiger partial charge is 0.441 e. The maximum Gasteiger partial charge on any atom is 0.197 e. The Labute approximate surface area is 125 Å². The third-order valence-electron chi connectivity index (χ3n) is 4.38. The maximum atomic E-state index is 5.82. The normalized spacial score (nSPS) is 23.1. The van der Waals surface area contributed by atoms with Crippen LogP contribution in [0.1, 0.15) is 32.1 Å². The lowest BCUT2D eigenvalue weighted by atomic mass is 9.78. The van der Waals surface area contributed by atoms with Gasteiger partial charge in [-0.15, -0.1) is 0 Å². The van der Waals surface area contributed by atoms with E-state index < -0.39 is 0 Å². The molecule has 2 aromatic rings. The Morgan fingerprint density at radius 1 is 1.38 bits per heavy atom. The summed E-state index contributed by atoms with van der Waals surface area (Å²) in [7, 11) is 2.02. The van der Waals surface area contributed by atoms with Gasteiger partial charge in [-0.05, 0) is 51.3 Å². The molecular formula is C17H24N2O2. The predicted octanol–water partition coefficient (Wildman–Crippen LogP) is 3.16. The molecule has 1 unspecified atom stereocenters. The van der Waals surface area contributed by atoms with Crippen LogP contribution in [0.2, 0.25) is 0 Å². The van der Waals surface area contributed by atoms with E-state index in [1.54, 1.807) is 0 Å². The number of hydrogen-bond acceptors (Lipinski definition) is 4. The van der Waals surface area contributed by atoms with Crippen LogP contribution in [-0.2, 0) is 11.2 Å². The number of rotatable bonds is 7. The first kappa shape index (κ1) is 14.5. The van der Waals surface area contributed by atoms with Crippen molar-refractivity contribution >= 4 is 11.1 Å². The molecule has 1 atom stereocenters. The summed E-state index contributed by atoms with van der Waals surface area (Å²) in [4.78, 5) is 4.56. The highest BCUT2D eigenvalue weighted by Crippen LogP contribution is 2.34. The van der Waals surface area contributed by atoms with Crippen molar-refractivity contribution in [1.29, 1.82) is 0 Å². The zero-order valence-electron chi connectivity index (χ0n) is 12.8. The number of nitrogens with zero attached hydrogens (tertiary/aromatic N) is 1. The molecule has 0 aliphatic heterocycles. The summed E-state index contributed by atoms with van der Waals surface area (Å²) in [5.74, 6) is 1.60. The number of oxazole rings is 1. The van der Waals surface area contributed by atoms with Crippen LogP contribution in [0, 0.1) is 5.92 Å². The van der Waals surface area contributed by atoms with Crippen LogP contribution in [0.3, 0.4) is 0 Å². The lowest BCUT2D eigenvalue weighted by molar-refractivity contribution is -0.0289. The first-order valence-electron chi connectivity index (χ1n) is 7.91. The van der Waals surface area contributed by atoms with E-state index >= 15 is 0 Å². The minimum Gasteiger partial charge on any atom is -0.441 e. The van der Waals surface area contributed by atoms with E-state index in [0.29, 0.717) is 12.1 Å². The number of nitrogens with one attached hydrogen (secondary N) is 1. The molecule has 1 fully saturated rings. The zero-order valence-corrected chi connectivity index (χ0v) is 12.8. The Balaban J connectivity index is 1.55. The molecule has 1 aliphatic rings. The number of likely N-dealkylation sites (N-methyl/N-ethyl adjacent to an activating group) is 1. The summed E-state index contributed by atoms with van der Waals surface area (Å²) in [5.41, 5.74) is 1.82. The highest BCUT2D eigenvalue weighted by molar-refractivity contribution is 5.72. The minimum atomic E-state index is 0.422. The average molecular weight is 288 g/mol. The smallest absolute Gasteiger partial charge is 0.197 e. The van der Waals surface area contributed by atoms with Gasteiger partial charge in [-0.25, -0.2) is 4.98 Å². The third kappa shape index (κ3) is 3.44. The zero-order chi connectivity index (χ0) is 14.7. The first-order chi connectivity index (χ1) is 10.3. The molecule has 0 radical (unpaired) electrons. The summed E-state index contributed by atoms with van der Waals surface area (Å²) in [6.07, 6.45) is 4.89. The summed E-state index contributed by atoms with van der Waals surface area (Å²) in [5, 5.41) is 3.40. The fourth-order valence-corrected chi connectivity index (χ4v) is 3.16. The van der Waals surface area contributed by atoms with Crippen molar-refractivity contribution in [2.45, 2.75) is 44.8 Å². The number of benzene rings is 1.